The minimum absolute atomic E-state index is 0.222. The summed E-state index contributed by atoms with van der Waals surface area (Å²) in [5.41, 5.74) is 1.98. The van der Waals surface area contributed by atoms with Gasteiger partial charge in [-0.25, -0.2) is 4.79 Å². The summed E-state index contributed by atoms with van der Waals surface area (Å²) in [5.74, 6) is 0.703. The Morgan fingerprint density at radius 3 is 2.50 bits per heavy atom. The third-order valence-electron chi connectivity index (χ3n) is 3.78. The van der Waals surface area contributed by atoms with Crippen molar-refractivity contribution in [1.82, 2.24) is 0 Å². The van der Waals surface area contributed by atoms with Crippen molar-refractivity contribution in [3.8, 4) is 0 Å². The van der Waals surface area contributed by atoms with E-state index in [1.165, 1.54) is 37.7 Å². The Morgan fingerprint density at radius 1 is 1.22 bits per heavy atom. The number of aryl methyl sites for hydroxylation is 1. The number of hydrogen-bond donors (Lipinski definition) is 0. The van der Waals surface area contributed by atoms with Crippen molar-refractivity contribution in [3.63, 3.8) is 0 Å². The topological polar surface area (TPSA) is 26.3 Å². The molecular formula is C16H22O2. The van der Waals surface area contributed by atoms with E-state index in [0.29, 0.717) is 12.2 Å². The second kappa shape index (κ2) is 6.58. The van der Waals surface area contributed by atoms with Crippen molar-refractivity contribution < 1.29 is 9.53 Å². The lowest BCUT2D eigenvalue weighted by Crippen LogP contribution is -2.04. The quantitative estimate of drug-likeness (QED) is 0.734. The molecule has 1 aliphatic carbocycles. The van der Waals surface area contributed by atoms with Crippen LogP contribution in [0.3, 0.4) is 0 Å². The summed E-state index contributed by atoms with van der Waals surface area (Å²) < 4.78 is 4.97. The Morgan fingerprint density at radius 2 is 1.89 bits per heavy atom. The van der Waals surface area contributed by atoms with Crippen molar-refractivity contribution >= 4 is 5.97 Å². The number of ether oxygens (including phenoxy) is 1. The number of esters is 1. The van der Waals surface area contributed by atoms with Crippen molar-refractivity contribution in [1.29, 1.82) is 0 Å². The van der Waals surface area contributed by atoms with E-state index in [4.69, 9.17) is 4.74 Å². The van der Waals surface area contributed by atoms with Gasteiger partial charge in [0.15, 0.2) is 0 Å². The van der Waals surface area contributed by atoms with Crippen molar-refractivity contribution in [2.75, 3.05) is 6.61 Å². The van der Waals surface area contributed by atoms with Crippen LogP contribution in [0.2, 0.25) is 0 Å². The summed E-state index contributed by atoms with van der Waals surface area (Å²) in [7, 11) is 0. The van der Waals surface area contributed by atoms with Gasteiger partial charge in [0.05, 0.1) is 12.2 Å². The van der Waals surface area contributed by atoms with Crippen LogP contribution in [0, 0.1) is 5.92 Å². The van der Waals surface area contributed by atoms with Crippen LogP contribution < -0.4 is 0 Å². The van der Waals surface area contributed by atoms with Crippen LogP contribution in [0.15, 0.2) is 24.3 Å². The maximum absolute atomic E-state index is 11.5. The molecule has 0 heterocycles. The molecule has 0 amide bonds. The molecule has 0 atom stereocenters. The van der Waals surface area contributed by atoms with Crippen LogP contribution in [-0.4, -0.2) is 12.6 Å². The predicted molar refractivity (Wildman–Crippen MR) is 72.7 cm³/mol. The summed E-state index contributed by atoms with van der Waals surface area (Å²) in [6.07, 6.45) is 8.05. The monoisotopic (exact) mass is 246 g/mol. The summed E-state index contributed by atoms with van der Waals surface area (Å²) >= 11 is 0. The largest absolute Gasteiger partial charge is 0.462 e. The first-order valence-corrected chi connectivity index (χ1v) is 7.05. The molecule has 0 spiro atoms. The fraction of sp³-hybridized carbons (Fsp3) is 0.562. The Hall–Kier alpha value is -1.31. The zero-order valence-corrected chi connectivity index (χ0v) is 11.2. The molecule has 1 saturated carbocycles. The third-order valence-corrected chi connectivity index (χ3v) is 3.78. The Balaban J connectivity index is 1.85. The molecule has 0 aliphatic heterocycles. The highest BCUT2D eigenvalue weighted by Crippen LogP contribution is 2.28. The molecule has 1 aliphatic rings. The molecule has 2 rings (SSSR count). The van der Waals surface area contributed by atoms with E-state index in [2.05, 4.69) is 12.1 Å². The van der Waals surface area contributed by atoms with Gasteiger partial charge in [0.2, 0.25) is 0 Å². The summed E-state index contributed by atoms with van der Waals surface area (Å²) in [4.78, 5) is 11.5. The highest BCUT2D eigenvalue weighted by molar-refractivity contribution is 5.89. The van der Waals surface area contributed by atoms with Gasteiger partial charge in [0.1, 0.15) is 0 Å². The van der Waals surface area contributed by atoms with Gasteiger partial charge in [-0.1, -0.05) is 37.8 Å². The third kappa shape index (κ3) is 3.59. The van der Waals surface area contributed by atoms with Gasteiger partial charge in [0, 0.05) is 0 Å². The van der Waals surface area contributed by atoms with Crippen LogP contribution >= 0.6 is 0 Å². The van der Waals surface area contributed by atoms with Crippen LogP contribution in [0.4, 0.5) is 0 Å². The lowest BCUT2D eigenvalue weighted by atomic mass is 9.98. The number of rotatable bonds is 5. The van der Waals surface area contributed by atoms with E-state index < -0.39 is 0 Å². The van der Waals surface area contributed by atoms with E-state index in [0.717, 1.165) is 12.3 Å². The first kappa shape index (κ1) is 13.1. The molecule has 2 nitrogen and oxygen atoms in total. The standard InChI is InChI=1S/C16H22O2/c1-2-18-16(17)15-11-9-14(10-12-15)8-7-13-5-3-4-6-13/h9-13H,2-8H2,1H3. The lowest BCUT2D eigenvalue weighted by molar-refractivity contribution is 0.0526. The van der Waals surface area contributed by atoms with Gasteiger partial charge in [-0.2, -0.15) is 0 Å². The molecule has 2 heteroatoms. The average molecular weight is 246 g/mol. The zero-order chi connectivity index (χ0) is 12.8. The van der Waals surface area contributed by atoms with Crippen molar-refractivity contribution in [2.45, 2.75) is 45.4 Å². The lowest BCUT2D eigenvalue weighted by Gasteiger charge is -2.08. The first-order valence-electron chi connectivity index (χ1n) is 7.05. The second-order valence-electron chi connectivity index (χ2n) is 5.11. The van der Waals surface area contributed by atoms with E-state index in [9.17, 15) is 4.79 Å². The van der Waals surface area contributed by atoms with Crippen molar-refractivity contribution in [3.05, 3.63) is 35.4 Å². The first-order chi connectivity index (χ1) is 8.79. The molecule has 1 aromatic rings. The molecule has 1 fully saturated rings. The number of hydrogen-bond acceptors (Lipinski definition) is 2. The molecule has 0 bridgehead atoms. The van der Waals surface area contributed by atoms with Gasteiger partial charge in [-0.15, -0.1) is 0 Å². The zero-order valence-electron chi connectivity index (χ0n) is 11.2. The van der Waals surface area contributed by atoms with Crippen LogP contribution in [-0.2, 0) is 11.2 Å². The van der Waals surface area contributed by atoms with E-state index >= 15 is 0 Å². The van der Waals surface area contributed by atoms with E-state index in [1.54, 1.807) is 0 Å². The molecule has 0 radical (unpaired) electrons. The molecule has 1 aromatic carbocycles. The highest BCUT2D eigenvalue weighted by atomic mass is 16.5. The Bertz CT molecular complexity index is 375. The number of benzene rings is 1. The number of carbonyl (C=O) groups excluding carboxylic acids is 1. The molecular weight excluding hydrogens is 224 g/mol. The summed E-state index contributed by atoms with van der Waals surface area (Å²) in [6.45, 7) is 2.26. The smallest absolute Gasteiger partial charge is 0.338 e. The van der Waals surface area contributed by atoms with Crippen LogP contribution in [0.25, 0.3) is 0 Å². The molecule has 0 aromatic heterocycles. The van der Waals surface area contributed by atoms with Gasteiger partial charge >= 0.3 is 5.97 Å². The fourth-order valence-corrected chi connectivity index (χ4v) is 2.69. The normalized spacial score (nSPS) is 15.8. The molecule has 98 valence electrons. The number of carbonyl (C=O) groups is 1. The highest BCUT2D eigenvalue weighted by Gasteiger charge is 2.14. The summed E-state index contributed by atoms with van der Waals surface area (Å²) in [5, 5.41) is 0. The molecule has 0 unspecified atom stereocenters. The second-order valence-corrected chi connectivity index (χ2v) is 5.11. The van der Waals surface area contributed by atoms with Gasteiger partial charge < -0.3 is 4.74 Å². The summed E-state index contributed by atoms with van der Waals surface area (Å²) in [6, 6.07) is 7.87. The molecule has 18 heavy (non-hydrogen) atoms. The predicted octanol–water partition coefficient (Wildman–Crippen LogP) is 3.99. The molecule has 0 saturated heterocycles. The van der Waals surface area contributed by atoms with Gasteiger partial charge in [0.25, 0.3) is 0 Å². The van der Waals surface area contributed by atoms with Crippen LogP contribution in [0.5, 0.6) is 0 Å². The maximum atomic E-state index is 11.5. The fourth-order valence-electron chi connectivity index (χ4n) is 2.69. The minimum atomic E-state index is -0.222. The van der Waals surface area contributed by atoms with Gasteiger partial charge in [-0.05, 0) is 43.4 Å². The maximum Gasteiger partial charge on any atom is 0.338 e. The average Bonchev–Trinajstić information content (AvgIpc) is 2.90. The van der Waals surface area contributed by atoms with Crippen molar-refractivity contribution in [2.24, 2.45) is 5.92 Å². The van der Waals surface area contributed by atoms with E-state index in [1.807, 2.05) is 19.1 Å². The van der Waals surface area contributed by atoms with Crippen LogP contribution in [0.1, 0.15) is 54.9 Å². The van der Waals surface area contributed by atoms with E-state index in [-0.39, 0.29) is 5.97 Å². The van der Waals surface area contributed by atoms with Gasteiger partial charge in [-0.3, -0.25) is 0 Å². The Kier molecular flexibility index (Phi) is 4.80. The molecule has 0 N–H and O–H groups in total. The minimum Gasteiger partial charge on any atom is -0.462 e. The SMILES string of the molecule is CCOC(=O)c1ccc(CCC2CCCC2)cc1. The Labute approximate surface area is 109 Å².